The summed E-state index contributed by atoms with van der Waals surface area (Å²) in [6.07, 6.45) is 0. The summed E-state index contributed by atoms with van der Waals surface area (Å²) in [6, 6.07) is 0. The van der Waals surface area contributed by atoms with Crippen molar-refractivity contribution in [3.8, 4) is 17.2 Å². The number of hydrogen-bond acceptors (Lipinski definition) is 7. The number of thioether (sulfide) groups is 1. The van der Waals surface area contributed by atoms with Crippen molar-refractivity contribution in [3.63, 3.8) is 0 Å². The molecule has 0 saturated carbocycles. The van der Waals surface area contributed by atoms with E-state index in [0.717, 1.165) is 4.90 Å². The highest BCUT2D eigenvalue weighted by atomic mass is 32.2. The standard InChI is InChI=1S/C12H19N3O3S/c1-15(2)6-5-18-11-7(13)9(16-3)10(17-4)8(14)12(11)19-6/h6H,5,13-14H2,1-4H3. The number of benzene rings is 1. The zero-order valence-electron chi connectivity index (χ0n) is 11.5. The molecule has 7 heteroatoms. The van der Waals surface area contributed by atoms with Gasteiger partial charge in [-0.2, -0.15) is 0 Å². The van der Waals surface area contributed by atoms with Gasteiger partial charge >= 0.3 is 0 Å². The Kier molecular flexibility index (Phi) is 3.86. The quantitative estimate of drug-likeness (QED) is 0.808. The van der Waals surface area contributed by atoms with E-state index in [-0.39, 0.29) is 5.37 Å². The van der Waals surface area contributed by atoms with Gasteiger partial charge in [-0.05, 0) is 14.1 Å². The van der Waals surface area contributed by atoms with E-state index in [1.807, 2.05) is 14.1 Å². The summed E-state index contributed by atoms with van der Waals surface area (Å²) in [5.41, 5.74) is 13.1. The van der Waals surface area contributed by atoms with Crippen LogP contribution in [0, 0.1) is 0 Å². The maximum absolute atomic E-state index is 6.14. The van der Waals surface area contributed by atoms with Crippen molar-refractivity contribution in [2.24, 2.45) is 0 Å². The number of likely N-dealkylation sites (N-methyl/N-ethyl adjacent to an activating group) is 1. The number of fused-ring (bicyclic) bond motifs is 1. The molecule has 4 N–H and O–H groups in total. The topological polar surface area (TPSA) is 83.0 Å². The number of nitrogens with zero attached hydrogens (tertiary/aromatic N) is 1. The minimum absolute atomic E-state index is 0.187. The first kappa shape index (κ1) is 14.0. The highest BCUT2D eigenvalue weighted by molar-refractivity contribution is 8.00. The number of nitrogens with two attached hydrogens (primary N) is 2. The molecule has 106 valence electrons. The molecule has 0 radical (unpaired) electrons. The Balaban J connectivity index is 2.55. The first-order valence-corrected chi connectivity index (χ1v) is 6.68. The number of ether oxygens (including phenoxy) is 3. The second kappa shape index (κ2) is 5.26. The average molecular weight is 285 g/mol. The van der Waals surface area contributed by atoms with E-state index in [1.54, 1.807) is 11.8 Å². The average Bonchev–Trinajstić information content (AvgIpc) is 2.41. The predicted molar refractivity (Wildman–Crippen MR) is 77.2 cm³/mol. The molecule has 1 aromatic carbocycles. The molecule has 0 fully saturated rings. The van der Waals surface area contributed by atoms with Crippen molar-refractivity contribution in [1.29, 1.82) is 0 Å². The summed E-state index contributed by atoms with van der Waals surface area (Å²) in [4.78, 5) is 2.88. The molecule has 6 nitrogen and oxygen atoms in total. The summed E-state index contributed by atoms with van der Waals surface area (Å²) < 4.78 is 16.3. The van der Waals surface area contributed by atoms with E-state index in [9.17, 15) is 0 Å². The predicted octanol–water partition coefficient (Wildman–Crippen LogP) is 1.24. The normalized spacial score (nSPS) is 17.8. The molecule has 2 rings (SSSR count). The zero-order valence-corrected chi connectivity index (χ0v) is 12.3. The Bertz CT molecular complexity index is 494. The number of hydrogen-bond donors (Lipinski definition) is 2. The molecular formula is C12H19N3O3S. The van der Waals surface area contributed by atoms with Gasteiger partial charge in [0.05, 0.1) is 30.2 Å². The summed E-state index contributed by atoms with van der Waals surface area (Å²) in [7, 11) is 7.05. The van der Waals surface area contributed by atoms with Gasteiger partial charge in [0.1, 0.15) is 12.3 Å². The number of methoxy groups -OCH3 is 2. The van der Waals surface area contributed by atoms with Crippen LogP contribution < -0.4 is 25.7 Å². The van der Waals surface area contributed by atoms with E-state index in [0.29, 0.717) is 35.2 Å². The fourth-order valence-corrected chi connectivity index (χ4v) is 3.05. The Morgan fingerprint density at radius 3 is 2.26 bits per heavy atom. The highest BCUT2D eigenvalue weighted by Gasteiger charge is 2.31. The second-order valence-electron chi connectivity index (χ2n) is 4.40. The molecular weight excluding hydrogens is 266 g/mol. The molecule has 0 saturated heterocycles. The second-order valence-corrected chi connectivity index (χ2v) is 5.59. The number of nitrogen functional groups attached to an aromatic ring is 2. The Hall–Kier alpha value is -1.47. The molecule has 19 heavy (non-hydrogen) atoms. The Morgan fingerprint density at radius 1 is 1.16 bits per heavy atom. The molecule has 1 aliphatic rings. The minimum Gasteiger partial charge on any atom is -0.491 e. The smallest absolute Gasteiger partial charge is 0.189 e. The first-order chi connectivity index (χ1) is 9.01. The van der Waals surface area contributed by atoms with Crippen molar-refractivity contribution < 1.29 is 14.2 Å². The van der Waals surface area contributed by atoms with Gasteiger partial charge in [-0.1, -0.05) is 11.8 Å². The van der Waals surface area contributed by atoms with Gasteiger partial charge in [0.15, 0.2) is 17.2 Å². The lowest BCUT2D eigenvalue weighted by molar-refractivity contribution is 0.229. The summed E-state index contributed by atoms with van der Waals surface area (Å²) >= 11 is 1.61. The van der Waals surface area contributed by atoms with Crippen LogP contribution in [-0.2, 0) is 0 Å². The SMILES string of the molecule is COc1c(N)c2c(c(N)c1OC)SC(N(C)C)CO2. The van der Waals surface area contributed by atoms with Crippen LogP contribution in [0.15, 0.2) is 4.90 Å². The van der Waals surface area contributed by atoms with Crippen LogP contribution >= 0.6 is 11.8 Å². The van der Waals surface area contributed by atoms with Crippen LogP contribution in [0.1, 0.15) is 0 Å². The van der Waals surface area contributed by atoms with Crippen LogP contribution in [0.5, 0.6) is 17.2 Å². The van der Waals surface area contributed by atoms with Crippen molar-refractivity contribution in [1.82, 2.24) is 4.90 Å². The van der Waals surface area contributed by atoms with E-state index in [2.05, 4.69) is 4.90 Å². The molecule has 0 aliphatic carbocycles. The molecule has 0 spiro atoms. The summed E-state index contributed by atoms with van der Waals surface area (Å²) in [5, 5.41) is 0.187. The fraction of sp³-hybridized carbons (Fsp3) is 0.500. The third kappa shape index (κ3) is 2.23. The molecule has 1 atom stereocenters. The lowest BCUT2D eigenvalue weighted by Crippen LogP contribution is -2.33. The van der Waals surface area contributed by atoms with Crippen molar-refractivity contribution in [2.45, 2.75) is 10.3 Å². The Morgan fingerprint density at radius 2 is 1.74 bits per heavy atom. The van der Waals surface area contributed by atoms with E-state index >= 15 is 0 Å². The van der Waals surface area contributed by atoms with Crippen molar-refractivity contribution in [2.75, 3.05) is 46.4 Å². The third-order valence-electron chi connectivity index (χ3n) is 3.00. The fourth-order valence-electron chi connectivity index (χ4n) is 1.94. The first-order valence-electron chi connectivity index (χ1n) is 5.80. The van der Waals surface area contributed by atoms with Gasteiger partial charge in [0, 0.05) is 0 Å². The van der Waals surface area contributed by atoms with Crippen LogP contribution in [0.2, 0.25) is 0 Å². The van der Waals surface area contributed by atoms with Crippen LogP contribution in [0.3, 0.4) is 0 Å². The van der Waals surface area contributed by atoms with Gasteiger partial charge in [0.25, 0.3) is 0 Å². The monoisotopic (exact) mass is 285 g/mol. The van der Waals surface area contributed by atoms with Crippen LogP contribution in [0.4, 0.5) is 11.4 Å². The van der Waals surface area contributed by atoms with E-state index in [4.69, 9.17) is 25.7 Å². The van der Waals surface area contributed by atoms with Crippen LogP contribution in [0.25, 0.3) is 0 Å². The lowest BCUT2D eigenvalue weighted by Gasteiger charge is -2.31. The van der Waals surface area contributed by atoms with Crippen LogP contribution in [-0.4, -0.2) is 45.2 Å². The molecule has 1 unspecified atom stereocenters. The summed E-state index contributed by atoms with van der Waals surface area (Å²) in [6.45, 7) is 0.545. The molecule has 1 aliphatic heterocycles. The molecule has 0 aromatic heterocycles. The number of rotatable bonds is 3. The third-order valence-corrected chi connectivity index (χ3v) is 4.47. The summed E-state index contributed by atoms with van der Waals surface area (Å²) in [5.74, 6) is 1.45. The van der Waals surface area contributed by atoms with Gasteiger partial charge < -0.3 is 25.7 Å². The Labute approximate surface area is 117 Å². The molecule has 1 heterocycles. The molecule has 0 bridgehead atoms. The van der Waals surface area contributed by atoms with Gasteiger partial charge in [0.2, 0.25) is 0 Å². The van der Waals surface area contributed by atoms with Gasteiger partial charge in [-0.3, -0.25) is 4.90 Å². The molecule has 0 amide bonds. The largest absolute Gasteiger partial charge is 0.491 e. The van der Waals surface area contributed by atoms with Crippen molar-refractivity contribution >= 4 is 23.1 Å². The lowest BCUT2D eigenvalue weighted by atomic mass is 10.2. The number of anilines is 2. The maximum Gasteiger partial charge on any atom is 0.189 e. The highest BCUT2D eigenvalue weighted by Crippen LogP contribution is 2.54. The van der Waals surface area contributed by atoms with Crippen molar-refractivity contribution in [3.05, 3.63) is 0 Å². The zero-order chi connectivity index (χ0) is 14.2. The van der Waals surface area contributed by atoms with Gasteiger partial charge in [-0.15, -0.1) is 0 Å². The van der Waals surface area contributed by atoms with E-state index in [1.165, 1.54) is 14.2 Å². The van der Waals surface area contributed by atoms with Gasteiger partial charge in [-0.25, -0.2) is 0 Å². The molecule has 1 aromatic rings. The van der Waals surface area contributed by atoms with E-state index < -0.39 is 0 Å². The minimum atomic E-state index is 0.187. The maximum atomic E-state index is 6.14.